The summed E-state index contributed by atoms with van der Waals surface area (Å²) in [5.74, 6) is -0.134. The fraction of sp³-hybridized carbons (Fsp3) is 0.419. The molecule has 9 N–H and O–H groups in total. The number of phenolic OH excluding ortho intramolecular Hbond substituents is 2. The Bertz CT molecular complexity index is 1360. The molecule has 0 fully saturated rings. The van der Waals surface area contributed by atoms with Crippen molar-refractivity contribution in [1.29, 1.82) is 0 Å². The molecule has 0 aliphatic heterocycles. The Morgan fingerprint density at radius 1 is 0.791 bits per heavy atom. The quantitative estimate of drug-likeness (QED) is 0.119. The minimum Gasteiger partial charge on any atom is -0.508 e. The number of aryl methyl sites for hydroxylation is 3. The predicted molar refractivity (Wildman–Crippen MR) is 168 cm³/mol. The molecule has 12 heteroatoms. The summed E-state index contributed by atoms with van der Waals surface area (Å²) in [6.07, 6.45) is 4.77. The fourth-order valence-corrected chi connectivity index (χ4v) is 4.52. The SMILES string of the molecule is Cc1nc(CCCCNC(=O)C(N)Cc2ccc(O)cc2)c(=O)[nH]c1CCCCNC(=O)C(N)Cc1ccc(O)cc1.Cl. The van der Waals surface area contributed by atoms with Gasteiger partial charge in [0.2, 0.25) is 11.8 Å². The number of aromatic amines is 1. The van der Waals surface area contributed by atoms with Crippen LogP contribution in [-0.4, -0.2) is 57.2 Å². The number of carbonyl (C=O) groups excluding carboxylic acids is 2. The molecule has 0 spiro atoms. The van der Waals surface area contributed by atoms with Gasteiger partial charge in [0, 0.05) is 18.8 Å². The van der Waals surface area contributed by atoms with Crippen molar-refractivity contribution >= 4 is 24.2 Å². The molecule has 3 aromatic rings. The molecule has 1 aromatic heterocycles. The summed E-state index contributed by atoms with van der Waals surface area (Å²) in [5, 5.41) is 24.4. The van der Waals surface area contributed by atoms with E-state index in [0.29, 0.717) is 57.3 Å². The molecule has 0 bridgehead atoms. The number of H-pyrrole nitrogens is 1. The average Bonchev–Trinajstić information content (AvgIpc) is 2.96. The lowest BCUT2D eigenvalue weighted by Gasteiger charge is -2.13. The third-order valence-corrected chi connectivity index (χ3v) is 7.02. The number of nitrogens with two attached hydrogens (primary N) is 2. The Hall–Kier alpha value is -3.93. The molecule has 3 rings (SSSR count). The van der Waals surface area contributed by atoms with Crippen LogP contribution in [0.1, 0.15) is 53.9 Å². The number of halogens is 1. The second kappa shape index (κ2) is 17.9. The van der Waals surface area contributed by atoms with Crippen molar-refractivity contribution in [2.75, 3.05) is 13.1 Å². The molecule has 1 heterocycles. The van der Waals surface area contributed by atoms with Gasteiger partial charge in [-0.3, -0.25) is 19.4 Å². The summed E-state index contributed by atoms with van der Waals surface area (Å²) in [6, 6.07) is 11.9. The van der Waals surface area contributed by atoms with Gasteiger partial charge in [-0.15, -0.1) is 12.4 Å². The maximum atomic E-state index is 12.6. The molecule has 0 saturated heterocycles. The third kappa shape index (κ3) is 12.1. The van der Waals surface area contributed by atoms with E-state index >= 15 is 0 Å². The Morgan fingerprint density at radius 3 is 1.70 bits per heavy atom. The second-order valence-electron chi connectivity index (χ2n) is 10.5. The van der Waals surface area contributed by atoms with E-state index in [1.54, 1.807) is 48.5 Å². The van der Waals surface area contributed by atoms with Crippen LogP contribution in [0.2, 0.25) is 0 Å². The first-order chi connectivity index (χ1) is 20.1. The number of benzene rings is 2. The van der Waals surface area contributed by atoms with Gasteiger partial charge in [0.1, 0.15) is 17.2 Å². The standard InChI is InChI=1S/C31H42N6O5.ClH/c1-20-27(6-2-4-16-34-29(40)25(32)18-21-8-12-23(38)13-9-21)37-31(42)28(36-20)7-3-5-17-35-30(41)26(33)19-22-10-14-24(39)15-11-22;/h8-15,25-26,38-39H,2-7,16-19,32-33H2,1H3,(H,34,40)(H,35,41)(H,37,42);1H. The number of rotatable bonds is 16. The summed E-state index contributed by atoms with van der Waals surface area (Å²) in [7, 11) is 0. The molecule has 0 aliphatic rings. The molecule has 2 aromatic carbocycles. The van der Waals surface area contributed by atoms with Gasteiger partial charge in [-0.25, -0.2) is 0 Å². The number of unbranched alkanes of at least 4 members (excludes halogenated alkanes) is 2. The smallest absolute Gasteiger partial charge is 0.269 e. The highest BCUT2D eigenvalue weighted by Gasteiger charge is 2.15. The molecular weight excluding hydrogens is 572 g/mol. The fourth-order valence-electron chi connectivity index (χ4n) is 4.52. The van der Waals surface area contributed by atoms with Crippen LogP contribution >= 0.6 is 12.4 Å². The number of nitrogens with zero attached hydrogens (tertiary/aromatic N) is 1. The van der Waals surface area contributed by atoms with Gasteiger partial charge in [0.25, 0.3) is 5.56 Å². The number of amides is 2. The summed E-state index contributed by atoms with van der Waals surface area (Å²) in [6.45, 7) is 2.80. The van der Waals surface area contributed by atoms with Crippen LogP contribution in [0.15, 0.2) is 53.3 Å². The van der Waals surface area contributed by atoms with Crippen LogP contribution in [0, 0.1) is 6.92 Å². The van der Waals surface area contributed by atoms with Gasteiger partial charge in [0.15, 0.2) is 0 Å². The summed E-state index contributed by atoms with van der Waals surface area (Å²) < 4.78 is 0. The maximum Gasteiger partial charge on any atom is 0.269 e. The van der Waals surface area contributed by atoms with Crippen molar-refractivity contribution in [1.82, 2.24) is 20.6 Å². The molecule has 11 nitrogen and oxygen atoms in total. The van der Waals surface area contributed by atoms with E-state index in [2.05, 4.69) is 20.6 Å². The average molecular weight is 615 g/mol. The van der Waals surface area contributed by atoms with Crippen molar-refractivity contribution in [3.8, 4) is 11.5 Å². The zero-order chi connectivity index (χ0) is 30.5. The monoisotopic (exact) mass is 614 g/mol. The number of aromatic nitrogens is 2. The normalized spacial score (nSPS) is 12.2. The van der Waals surface area contributed by atoms with Crippen LogP contribution in [0.3, 0.4) is 0 Å². The van der Waals surface area contributed by atoms with E-state index in [1.165, 1.54) is 0 Å². The summed E-state index contributed by atoms with van der Waals surface area (Å²) in [4.78, 5) is 44.6. The Labute approximate surface area is 257 Å². The van der Waals surface area contributed by atoms with E-state index in [9.17, 15) is 24.6 Å². The molecule has 0 saturated carbocycles. The molecule has 0 aliphatic carbocycles. The molecular formula is C31H43ClN6O5. The molecule has 2 amide bonds. The lowest BCUT2D eigenvalue weighted by Crippen LogP contribution is -2.42. The highest BCUT2D eigenvalue weighted by Crippen LogP contribution is 2.12. The van der Waals surface area contributed by atoms with E-state index in [1.807, 2.05) is 6.92 Å². The first-order valence-electron chi connectivity index (χ1n) is 14.3. The number of aromatic hydroxyl groups is 2. The van der Waals surface area contributed by atoms with Gasteiger partial charge >= 0.3 is 0 Å². The van der Waals surface area contributed by atoms with Crippen molar-refractivity contribution in [3.05, 3.63) is 87.1 Å². The predicted octanol–water partition coefficient (Wildman–Crippen LogP) is 1.93. The summed E-state index contributed by atoms with van der Waals surface area (Å²) in [5.41, 5.74) is 15.6. The van der Waals surface area contributed by atoms with E-state index in [0.717, 1.165) is 35.4 Å². The van der Waals surface area contributed by atoms with Crippen molar-refractivity contribution < 1.29 is 19.8 Å². The van der Waals surface area contributed by atoms with Gasteiger partial charge in [-0.2, -0.15) is 0 Å². The van der Waals surface area contributed by atoms with Crippen LogP contribution < -0.4 is 27.7 Å². The highest BCUT2D eigenvalue weighted by atomic mass is 35.5. The largest absolute Gasteiger partial charge is 0.508 e. The van der Waals surface area contributed by atoms with E-state index in [-0.39, 0.29) is 41.3 Å². The number of carbonyl (C=O) groups is 2. The maximum absolute atomic E-state index is 12.6. The van der Waals surface area contributed by atoms with Crippen LogP contribution in [0.25, 0.3) is 0 Å². The minimum atomic E-state index is -0.681. The lowest BCUT2D eigenvalue weighted by molar-refractivity contribution is -0.123. The van der Waals surface area contributed by atoms with Crippen LogP contribution in [-0.2, 0) is 35.3 Å². The Morgan fingerprint density at radius 2 is 1.23 bits per heavy atom. The minimum absolute atomic E-state index is 0. The zero-order valence-corrected chi connectivity index (χ0v) is 25.3. The first-order valence-corrected chi connectivity index (χ1v) is 14.3. The van der Waals surface area contributed by atoms with E-state index in [4.69, 9.17) is 11.5 Å². The highest BCUT2D eigenvalue weighted by molar-refractivity contribution is 5.85. The molecule has 2 unspecified atom stereocenters. The number of hydrogen-bond donors (Lipinski definition) is 7. The topological polar surface area (TPSA) is 196 Å². The van der Waals surface area contributed by atoms with Crippen molar-refractivity contribution in [3.63, 3.8) is 0 Å². The second-order valence-corrected chi connectivity index (χ2v) is 10.5. The van der Waals surface area contributed by atoms with E-state index < -0.39 is 12.1 Å². The molecule has 43 heavy (non-hydrogen) atoms. The Kier molecular flexibility index (Phi) is 14.7. The van der Waals surface area contributed by atoms with Crippen molar-refractivity contribution in [2.24, 2.45) is 11.5 Å². The number of hydrogen-bond acceptors (Lipinski definition) is 8. The molecule has 234 valence electrons. The van der Waals surface area contributed by atoms with Gasteiger partial charge in [-0.05, 0) is 93.7 Å². The molecule has 0 radical (unpaired) electrons. The third-order valence-electron chi connectivity index (χ3n) is 7.02. The summed E-state index contributed by atoms with van der Waals surface area (Å²) >= 11 is 0. The number of nitrogens with one attached hydrogen (secondary N) is 3. The zero-order valence-electron chi connectivity index (χ0n) is 24.5. The van der Waals surface area contributed by atoms with Gasteiger partial charge in [-0.1, -0.05) is 24.3 Å². The number of phenols is 2. The Balaban J connectivity index is 0.00000645. The van der Waals surface area contributed by atoms with Gasteiger partial charge in [0.05, 0.1) is 17.8 Å². The van der Waals surface area contributed by atoms with Gasteiger partial charge < -0.3 is 37.3 Å². The van der Waals surface area contributed by atoms with Crippen molar-refractivity contribution in [2.45, 2.75) is 70.4 Å². The van der Waals surface area contributed by atoms with Crippen LogP contribution in [0.5, 0.6) is 11.5 Å². The van der Waals surface area contributed by atoms with Crippen LogP contribution in [0.4, 0.5) is 0 Å². The lowest BCUT2D eigenvalue weighted by atomic mass is 10.1. The first kappa shape index (κ1) is 35.3. The molecule has 2 atom stereocenters.